The maximum absolute atomic E-state index is 13.0. The average molecular weight is 450 g/mol. The molecule has 0 radical (unpaired) electrons. The van der Waals surface area contributed by atoms with E-state index >= 15 is 0 Å². The van der Waals surface area contributed by atoms with Crippen LogP contribution in [-0.2, 0) is 16.6 Å². The molecule has 0 aromatic heterocycles. The van der Waals surface area contributed by atoms with Crippen LogP contribution in [0.25, 0.3) is 0 Å². The summed E-state index contributed by atoms with van der Waals surface area (Å²) in [7, 11) is -3.79. The van der Waals surface area contributed by atoms with Crippen LogP contribution in [0.2, 0.25) is 0 Å². The van der Waals surface area contributed by atoms with E-state index in [9.17, 15) is 13.2 Å². The van der Waals surface area contributed by atoms with Gasteiger partial charge < -0.3 is 4.90 Å². The number of rotatable bonds is 6. The Labute approximate surface area is 189 Å². The largest absolute Gasteiger partial charge is 0.336 e. The molecule has 32 heavy (non-hydrogen) atoms. The standard InChI is InChI=1S/C25H27N3O3S/c1-20-8-5-6-13-24(20)26-32(30,31)23-12-7-11-22(18-23)25(29)28-16-14-27(15-17-28)19-21-9-3-2-4-10-21/h2-13,18,26H,14-17,19H2,1H3. The van der Waals surface area contributed by atoms with Crippen molar-refractivity contribution < 1.29 is 13.2 Å². The molecule has 1 aliphatic rings. The first-order valence-corrected chi connectivity index (χ1v) is 12.1. The van der Waals surface area contributed by atoms with Crippen molar-refractivity contribution in [2.75, 3.05) is 30.9 Å². The smallest absolute Gasteiger partial charge is 0.261 e. The Hall–Kier alpha value is -3.16. The van der Waals surface area contributed by atoms with E-state index < -0.39 is 10.0 Å². The minimum Gasteiger partial charge on any atom is -0.336 e. The van der Waals surface area contributed by atoms with Crippen LogP contribution >= 0.6 is 0 Å². The minimum atomic E-state index is -3.79. The second kappa shape index (κ2) is 9.54. The van der Waals surface area contributed by atoms with E-state index in [1.807, 2.05) is 37.3 Å². The molecule has 3 aromatic carbocycles. The lowest BCUT2D eigenvalue weighted by molar-refractivity contribution is 0.0628. The normalized spacial score (nSPS) is 14.8. The van der Waals surface area contributed by atoms with Crippen molar-refractivity contribution in [3.8, 4) is 0 Å². The second-order valence-corrected chi connectivity index (χ2v) is 9.68. The van der Waals surface area contributed by atoms with E-state index in [2.05, 4.69) is 21.8 Å². The van der Waals surface area contributed by atoms with E-state index in [1.165, 1.54) is 17.7 Å². The molecule has 166 valence electrons. The summed E-state index contributed by atoms with van der Waals surface area (Å²) in [6.07, 6.45) is 0. The first kappa shape index (κ1) is 22.0. The zero-order valence-electron chi connectivity index (χ0n) is 18.1. The third-order valence-electron chi connectivity index (χ3n) is 5.69. The van der Waals surface area contributed by atoms with Crippen LogP contribution in [0.1, 0.15) is 21.5 Å². The fourth-order valence-corrected chi connectivity index (χ4v) is 5.00. The number of hydrogen-bond acceptors (Lipinski definition) is 4. The molecule has 0 unspecified atom stereocenters. The molecule has 1 saturated heterocycles. The number of carbonyl (C=O) groups excluding carboxylic acids is 1. The molecule has 7 heteroatoms. The van der Waals surface area contributed by atoms with Gasteiger partial charge in [-0.3, -0.25) is 14.4 Å². The number of para-hydroxylation sites is 1. The number of amides is 1. The topological polar surface area (TPSA) is 69.7 Å². The summed E-state index contributed by atoms with van der Waals surface area (Å²) >= 11 is 0. The van der Waals surface area contributed by atoms with Gasteiger partial charge >= 0.3 is 0 Å². The van der Waals surface area contributed by atoms with Crippen LogP contribution in [0, 0.1) is 6.92 Å². The Morgan fingerprint density at radius 1 is 0.875 bits per heavy atom. The SMILES string of the molecule is Cc1ccccc1NS(=O)(=O)c1cccc(C(=O)N2CCN(Cc3ccccc3)CC2)c1. The molecule has 0 aliphatic carbocycles. The number of piperazine rings is 1. The predicted octanol–water partition coefficient (Wildman–Crippen LogP) is 3.75. The van der Waals surface area contributed by atoms with E-state index in [0.29, 0.717) is 24.3 Å². The number of nitrogens with zero attached hydrogens (tertiary/aromatic N) is 2. The summed E-state index contributed by atoms with van der Waals surface area (Å²) in [5, 5.41) is 0. The highest BCUT2D eigenvalue weighted by molar-refractivity contribution is 7.92. The van der Waals surface area contributed by atoms with Gasteiger partial charge in [0.25, 0.3) is 15.9 Å². The van der Waals surface area contributed by atoms with Gasteiger partial charge in [0.2, 0.25) is 0 Å². The summed E-state index contributed by atoms with van der Waals surface area (Å²) in [6.45, 7) is 5.51. The lowest BCUT2D eigenvalue weighted by atomic mass is 10.1. The molecule has 0 atom stereocenters. The number of hydrogen-bond donors (Lipinski definition) is 1. The molecule has 0 saturated carbocycles. The van der Waals surface area contributed by atoms with Gasteiger partial charge in [-0.25, -0.2) is 8.42 Å². The van der Waals surface area contributed by atoms with Gasteiger partial charge in [0.05, 0.1) is 10.6 Å². The molecular formula is C25H27N3O3S. The molecular weight excluding hydrogens is 422 g/mol. The van der Waals surface area contributed by atoms with Crippen LogP contribution in [-0.4, -0.2) is 50.3 Å². The Balaban J connectivity index is 1.42. The van der Waals surface area contributed by atoms with Crippen LogP contribution in [0.15, 0.2) is 83.8 Å². The second-order valence-electron chi connectivity index (χ2n) is 8.00. The van der Waals surface area contributed by atoms with Crippen LogP contribution in [0.5, 0.6) is 0 Å². The predicted molar refractivity (Wildman–Crippen MR) is 126 cm³/mol. The van der Waals surface area contributed by atoms with Gasteiger partial charge in [0, 0.05) is 38.3 Å². The Bertz CT molecular complexity index is 1190. The van der Waals surface area contributed by atoms with Crippen molar-refractivity contribution in [3.63, 3.8) is 0 Å². The molecule has 1 aliphatic heterocycles. The number of sulfonamides is 1. The Morgan fingerprint density at radius 2 is 1.56 bits per heavy atom. The van der Waals surface area contributed by atoms with E-state index in [0.717, 1.165) is 25.2 Å². The number of benzene rings is 3. The number of carbonyl (C=O) groups is 1. The summed E-state index contributed by atoms with van der Waals surface area (Å²) in [5.74, 6) is -0.141. The summed E-state index contributed by atoms with van der Waals surface area (Å²) in [4.78, 5) is 17.2. The third kappa shape index (κ3) is 5.18. The first-order chi connectivity index (χ1) is 15.4. The lowest BCUT2D eigenvalue weighted by Crippen LogP contribution is -2.48. The third-order valence-corrected chi connectivity index (χ3v) is 7.05. The van der Waals surface area contributed by atoms with Crippen molar-refractivity contribution in [2.24, 2.45) is 0 Å². The van der Waals surface area contributed by atoms with Crippen molar-refractivity contribution in [1.29, 1.82) is 0 Å². The van der Waals surface area contributed by atoms with Crippen molar-refractivity contribution in [2.45, 2.75) is 18.4 Å². The van der Waals surface area contributed by atoms with Crippen molar-refractivity contribution in [1.82, 2.24) is 9.80 Å². The van der Waals surface area contributed by atoms with Crippen molar-refractivity contribution in [3.05, 3.63) is 95.6 Å². The summed E-state index contributed by atoms with van der Waals surface area (Å²) in [6, 6.07) is 23.7. The van der Waals surface area contributed by atoms with E-state index in [-0.39, 0.29) is 10.8 Å². The molecule has 3 aromatic rings. The molecule has 4 rings (SSSR count). The highest BCUT2D eigenvalue weighted by Gasteiger charge is 2.24. The van der Waals surface area contributed by atoms with E-state index in [1.54, 1.807) is 29.2 Å². The molecule has 1 N–H and O–H groups in total. The van der Waals surface area contributed by atoms with Crippen LogP contribution in [0.3, 0.4) is 0 Å². The van der Waals surface area contributed by atoms with E-state index in [4.69, 9.17) is 0 Å². The summed E-state index contributed by atoms with van der Waals surface area (Å²) < 4.78 is 28.4. The molecule has 6 nitrogen and oxygen atoms in total. The van der Waals surface area contributed by atoms with Gasteiger partial charge in [-0.1, -0.05) is 54.6 Å². The molecule has 1 heterocycles. The van der Waals surface area contributed by atoms with Crippen LogP contribution in [0.4, 0.5) is 5.69 Å². The van der Waals surface area contributed by atoms with Crippen molar-refractivity contribution >= 4 is 21.6 Å². The quantitative estimate of drug-likeness (QED) is 0.622. The van der Waals surface area contributed by atoms with Gasteiger partial charge in [-0.05, 0) is 42.3 Å². The first-order valence-electron chi connectivity index (χ1n) is 10.7. The average Bonchev–Trinajstić information content (AvgIpc) is 2.81. The fourth-order valence-electron chi connectivity index (χ4n) is 3.82. The maximum atomic E-state index is 13.0. The van der Waals surface area contributed by atoms with Crippen LogP contribution < -0.4 is 4.72 Å². The maximum Gasteiger partial charge on any atom is 0.261 e. The fraction of sp³-hybridized carbons (Fsp3) is 0.240. The van der Waals surface area contributed by atoms with Gasteiger partial charge in [0.1, 0.15) is 0 Å². The Kier molecular flexibility index (Phi) is 6.58. The zero-order valence-corrected chi connectivity index (χ0v) is 18.9. The molecule has 1 fully saturated rings. The minimum absolute atomic E-state index is 0.0781. The number of aryl methyl sites for hydroxylation is 1. The van der Waals surface area contributed by atoms with Gasteiger partial charge in [-0.15, -0.1) is 0 Å². The number of nitrogens with one attached hydrogen (secondary N) is 1. The molecule has 1 amide bonds. The number of anilines is 1. The monoisotopic (exact) mass is 449 g/mol. The van der Waals surface area contributed by atoms with Gasteiger partial charge in [0.15, 0.2) is 0 Å². The lowest BCUT2D eigenvalue weighted by Gasteiger charge is -2.34. The Morgan fingerprint density at radius 3 is 2.28 bits per heavy atom. The summed E-state index contributed by atoms with van der Waals surface area (Å²) in [5.41, 5.74) is 3.00. The highest BCUT2D eigenvalue weighted by atomic mass is 32.2. The molecule has 0 bridgehead atoms. The highest BCUT2D eigenvalue weighted by Crippen LogP contribution is 2.21. The zero-order chi connectivity index (χ0) is 22.6. The molecule has 0 spiro atoms. The van der Waals surface area contributed by atoms with Gasteiger partial charge in [-0.2, -0.15) is 0 Å².